The van der Waals surface area contributed by atoms with Crippen molar-refractivity contribution in [2.24, 2.45) is 10.2 Å². The van der Waals surface area contributed by atoms with Crippen molar-refractivity contribution in [3.05, 3.63) is 83.0 Å². The zero-order chi connectivity index (χ0) is 26.5. The van der Waals surface area contributed by atoms with Crippen LogP contribution in [0.2, 0.25) is 5.02 Å². The third-order valence-electron chi connectivity index (χ3n) is 5.96. The van der Waals surface area contributed by atoms with Crippen molar-refractivity contribution in [2.75, 3.05) is 36.5 Å². The van der Waals surface area contributed by atoms with Gasteiger partial charge in [0.1, 0.15) is 12.3 Å². The minimum absolute atomic E-state index is 0.0724. The summed E-state index contributed by atoms with van der Waals surface area (Å²) in [7, 11) is 0. The molecule has 2 aromatic heterocycles. The average molecular weight is 534 g/mol. The number of nitrogens with one attached hydrogen (secondary N) is 1. The van der Waals surface area contributed by atoms with Crippen LogP contribution in [-0.4, -0.2) is 46.4 Å². The Morgan fingerprint density at radius 1 is 1.08 bits per heavy atom. The summed E-state index contributed by atoms with van der Waals surface area (Å²) >= 11 is 6.56. The van der Waals surface area contributed by atoms with Crippen molar-refractivity contribution in [3.63, 3.8) is 0 Å². The first-order valence-corrected chi connectivity index (χ1v) is 12.4. The highest BCUT2D eigenvalue weighted by atomic mass is 35.5. The number of phenolic OH excluding ortho intramolecular Hbond substituents is 1. The van der Waals surface area contributed by atoms with Crippen LogP contribution in [0.4, 0.5) is 27.5 Å². The maximum absolute atomic E-state index is 14.2. The number of aromatic nitrogens is 3. The first-order valence-electron chi connectivity index (χ1n) is 12.0. The van der Waals surface area contributed by atoms with Crippen molar-refractivity contribution in [1.82, 2.24) is 15.0 Å². The lowest BCUT2D eigenvalue weighted by Crippen LogP contribution is -2.37. The fourth-order valence-electron chi connectivity index (χ4n) is 4.07. The van der Waals surface area contributed by atoms with E-state index in [1.54, 1.807) is 23.1 Å². The van der Waals surface area contributed by atoms with Gasteiger partial charge in [0.25, 0.3) is 5.95 Å². The first-order chi connectivity index (χ1) is 18.5. The van der Waals surface area contributed by atoms with Gasteiger partial charge in [-0.25, -0.2) is 9.37 Å². The predicted octanol–water partition coefficient (Wildman–Crippen LogP) is 6.21. The van der Waals surface area contributed by atoms with Crippen molar-refractivity contribution in [1.29, 1.82) is 0 Å². The topological polar surface area (TPSA) is 108 Å². The molecule has 0 spiro atoms. The minimum Gasteiger partial charge on any atom is -0.508 e. The Labute approximate surface area is 224 Å². The Kier molecular flexibility index (Phi) is 7.71. The van der Waals surface area contributed by atoms with Crippen LogP contribution in [0.1, 0.15) is 11.4 Å². The fraction of sp³-hybridized carbons (Fsp3) is 0.222. The minimum atomic E-state index is -0.507. The largest absolute Gasteiger partial charge is 0.508 e. The molecule has 1 aliphatic heterocycles. The second kappa shape index (κ2) is 11.5. The van der Waals surface area contributed by atoms with E-state index < -0.39 is 5.82 Å². The van der Waals surface area contributed by atoms with Crippen LogP contribution < -0.4 is 10.2 Å². The van der Waals surface area contributed by atoms with Crippen LogP contribution in [0.25, 0.3) is 11.1 Å². The third-order valence-corrected chi connectivity index (χ3v) is 6.25. The van der Waals surface area contributed by atoms with Gasteiger partial charge in [-0.15, -0.1) is 5.11 Å². The number of anilines is 3. The first kappa shape index (κ1) is 25.5. The number of pyridine rings is 1. The molecule has 9 nitrogen and oxygen atoms in total. The van der Waals surface area contributed by atoms with E-state index in [9.17, 15) is 9.50 Å². The van der Waals surface area contributed by atoms with Crippen LogP contribution in [0.5, 0.6) is 5.75 Å². The summed E-state index contributed by atoms with van der Waals surface area (Å²) in [5.74, 6) is -0.0180. The molecule has 0 saturated carbocycles. The summed E-state index contributed by atoms with van der Waals surface area (Å²) < 4.78 is 19.5. The molecule has 4 aromatic rings. The molecule has 3 heterocycles. The highest BCUT2D eigenvalue weighted by Gasteiger charge is 2.18. The molecular weight excluding hydrogens is 509 g/mol. The molecular formula is C27H25ClFN7O2. The number of hydrogen-bond donors (Lipinski definition) is 2. The van der Waals surface area contributed by atoms with E-state index >= 15 is 0 Å². The van der Waals surface area contributed by atoms with Gasteiger partial charge in [0.15, 0.2) is 11.6 Å². The number of morpholine rings is 1. The maximum Gasteiger partial charge on any atom is 0.270 e. The fourth-order valence-corrected chi connectivity index (χ4v) is 4.38. The van der Waals surface area contributed by atoms with E-state index in [2.05, 4.69) is 30.5 Å². The highest BCUT2D eigenvalue weighted by Crippen LogP contribution is 2.31. The SMILES string of the molecule is Cc1nc(CN=Nc2ncc(F)c(N3CCOCC3)n2)cc(Cl)c1Nc1ccc(-c2cccc(O)c2)cc1. The van der Waals surface area contributed by atoms with Gasteiger partial charge in [-0.2, -0.15) is 10.1 Å². The molecule has 2 N–H and O–H groups in total. The second-order valence-electron chi connectivity index (χ2n) is 8.65. The van der Waals surface area contributed by atoms with Crippen LogP contribution in [0.3, 0.4) is 0 Å². The van der Waals surface area contributed by atoms with Gasteiger partial charge in [-0.05, 0) is 48.4 Å². The Bertz CT molecular complexity index is 1440. The van der Waals surface area contributed by atoms with Crippen LogP contribution in [0.15, 0.2) is 71.0 Å². The van der Waals surface area contributed by atoms with Crippen molar-refractivity contribution in [3.8, 4) is 16.9 Å². The quantitative estimate of drug-likeness (QED) is 0.272. The van der Waals surface area contributed by atoms with E-state index in [1.807, 2.05) is 43.3 Å². The monoisotopic (exact) mass is 533 g/mol. The average Bonchev–Trinajstić information content (AvgIpc) is 2.92. The van der Waals surface area contributed by atoms with E-state index in [0.717, 1.165) is 23.0 Å². The van der Waals surface area contributed by atoms with Crippen molar-refractivity contribution < 1.29 is 14.2 Å². The zero-order valence-corrected chi connectivity index (χ0v) is 21.4. The third kappa shape index (κ3) is 6.04. The number of nitrogens with zero attached hydrogens (tertiary/aromatic N) is 6. The lowest BCUT2D eigenvalue weighted by Gasteiger charge is -2.27. The molecule has 194 valence electrons. The van der Waals surface area contributed by atoms with Crippen LogP contribution in [-0.2, 0) is 11.3 Å². The molecule has 2 aromatic carbocycles. The van der Waals surface area contributed by atoms with E-state index in [0.29, 0.717) is 48.4 Å². The molecule has 0 unspecified atom stereocenters. The van der Waals surface area contributed by atoms with E-state index in [-0.39, 0.29) is 24.1 Å². The molecule has 0 atom stereocenters. The number of phenols is 1. The second-order valence-corrected chi connectivity index (χ2v) is 9.06. The number of benzene rings is 2. The highest BCUT2D eigenvalue weighted by molar-refractivity contribution is 6.33. The lowest BCUT2D eigenvalue weighted by atomic mass is 10.1. The summed E-state index contributed by atoms with van der Waals surface area (Å²) in [4.78, 5) is 14.5. The van der Waals surface area contributed by atoms with Crippen molar-refractivity contribution >= 4 is 34.7 Å². The van der Waals surface area contributed by atoms with E-state index in [1.165, 1.54) is 0 Å². The number of hydrogen-bond acceptors (Lipinski definition) is 9. The summed E-state index contributed by atoms with van der Waals surface area (Å²) in [6.07, 6.45) is 1.10. The Balaban J connectivity index is 1.25. The Morgan fingerprint density at radius 2 is 1.87 bits per heavy atom. The van der Waals surface area contributed by atoms with Gasteiger partial charge in [0, 0.05) is 18.8 Å². The Morgan fingerprint density at radius 3 is 2.61 bits per heavy atom. The Hall–Kier alpha value is -4.15. The molecule has 1 aliphatic rings. The number of azo groups is 1. The van der Waals surface area contributed by atoms with Crippen LogP contribution >= 0.6 is 11.6 Å². The van der Waals surface area contributed by atoms with Crippen LogP contribution in [0, 0.1) is 12.7 Å². The van der Waals surface area contributed by atoms with Gasteiger partial charge >= 0.3 is 0 Å². The number of ether oxygens (including phenoxy) is 1. The van der Waals surface area contributed by atoms with Gasteiger partial charge in [-0.3, -0.25) is 4.98 Å². The molecule has 0 aliphatic carbocycles. The molecule has 1 fully saturated rings. The molecule has 38 heavy (non-hydrogen) atoms. The maximum atomic E-state index is 14.2. The summed E-state index contributed by atoms with van der Waals surface area (Å²) in [5.41, 5.74) is 4.76. The van der Waals surface area contributed by atoms with Gasteiger partial charge < -0.3 is 20.1 Å². The van der Waals surface area contributed by atoms with Gasteiger partial charge in [-0.1, -0.05) is 35.9 Å². The van der Waals surface area contributed by atoms with Gasteiger partial charge in [0.2, 0.25) is 0 Å². The molecule has 0 radical (unpaired) electrons. The van der Waals surface area contributed by atoms with Gasteiger partial charge in [0.05, 0.1) is 41.5 Å². The standard InChI is InChI=1S/C27H25ClFN7O2/c1-17-25(33-20-7-5-18(6-8-20)19-3-2-4-22(37)13-19)23(28)14-21(32-17)15-31-35-27-30-16-24(29)26(34-27)36-9-11-38-12-10-36/h2-8,13-14,16,33,37H,9-12,15H2,1H3. The van der Waals surface area contributed by atoms with E-state index in [4.69, 9.17) is 16.3 Å². The molecule has 1 saturated heterocycles. The number of halogens is 2. The number of rotatable bonds is 7. The lowest BCUT2D eigenvalue weighted by molar-refractivity contribution is 0.122. The number of aromatic hydroxyl groups is 1. The molecule has 0 bridgehead atoms. The smallest absolute Gasteiger partial charge is 0.270 e. The summed E-state index contributed by atoms with van der Waals surface area (Å²) in [5, 5.41) is 21.7. The number of aryl methyl sites for hydroxylation is 1. The molecule has 11 heteroatoms. The van der Waals surface area contributed by atoms with Crippen molar-refractivity contribution in [2.45, 2.75) is 13.5 Å². The summed E-state index contributed by atoms with van der Waals surface area (Å²) in [6.45, 7) is 4.14. The molecule has 0 amide bonds. The predicted molar refractivity (Wildman–Crippen MR) is 144 cm³/mol. The summed E-state index contributed by atoms with van der Waals surface area (Å²) in [6, 6.07) is 16.6. The normalized spacial score (nSPS) is 13.7. The molecule has 5 rings (SSSR count). The zero-order valence-electron chi connectivity index (χ0n) is 20.6.